The molecule has 4 rings (SSSR count). The minimum Gasteiger partial charge on any atom is -0.398 e. The maximum Gasteiger partial charge on any atom is 0.167 e. The topological polar surface area (TPSA) is 131 Å². The van der Waals surface area contributed by atoms with Crippen molar-refractivity contribution in [2.45, 2.75) is 49.3 Å². The summed E-state index contributed by atoms with van der Waals surface area (Å²) in [6.45, 7) is 1.81. The number of amidine groups is 1. The third-order valence-corrected chi connectivity index (χ3v) is 6.42. The normalized spacial score (nSPS) is 37.1. The van der Waals surface area contributed by atoms with E-state index < -0.39 is 36.3 Å². The maximum atomic E-state index is 11.2. The molecule has 0 amide bonds. The zero-order chi connectivity index (χ0) is 21.6. The first kappa shape index (κ1) is 21.7. The summed E-state index contributed by atoms with van der Waals surface area (Å²) in [5, 5.41) is 43.3. The Kier molecular flexibility index (Phi) is 5.94. The van der Waals surface area contributed by atoms with Crippen molar-refractivity contribution in [2.75, 3.05) is 13.8 Å². The van der Waals surface area contributed by atoms with Crippen LogP contribution in [0.2, 0.25) is 10.0 Å². The highest BCUT2D eigenvalue weighted by Gasteiger charge is 2.56. The lowest BCUT2D eigenvalue weighted by molar-refractivity contribution is -0.154. The Hall–Kier alpha value is -1.50. The molecule has 2 saturated heterocycles. The van der Waals surface area contributed by atoms with Gasteiger partial charge in [-0.25, -0.2) is 4.90 Å². The highest BCUT2D eigenvalue weighted by atomic mass is 35.5. The van der Waals surface area contributed by atoms with Crippen LogP contribution in [0, 0.1) is 0 Å². The Morgan fingerprint density at radius 1 is 1.30 bits per heavy atom. The Morgan fingerprint density at radius 2 is 2.07 bits per heavy atom. The first-order valence-electron chi connectivity index (χ1n) is 9.33. The summed E-state index contributed by atoms with van der Waals surface area (Å²) in [6.07, 6.45) is -3.62. The second-order valence-electron chi connectivity index (χ2n) is 7.55. The molecule has 0 spiro atoms. The van der Waals surface area contributed by atoms with E-state index in [0.717, 1.165) is 0 Å². The number of aliphatic hydroxyl groups excluding tert-OH is 2. The monoisotopic (exact) mass is 459 g/mol. The molecule has 10 nitrogen and oxygen atoms in total. The van der Waals surface area contributed by atoms with Crippen LogP contribution in [0.1, 0.15) is 12.5 Å². The van der Waals surface area contributed by atoms with Gasteiger partial charge in [-0.2, -0.15) is 0 Å². The first-order valence-corrected chi connectivity index (χ1v) is 10.1. The molecule has 1 aromatic rings. The highest BCUT2D eigenvalue weighted by molar-refractivity contribution is 6.42. The summed E-state index contributed by atoms with van der Waals surface area (Å²) in [7, 11) is 1.44. The third-order valence-electron chi connectivity index (χ3n) is 5.68. The van der Waals surface area contributed by atoms with Crippen molar-refractivity contribution in [3.05, 3.63) is 33.8 Å². The van der Waals surface area contributed by atoms with Crippen molar-refractivity contribution in [2.24, 2.45) is 10.1 Å². The second-order valence-corrected chi connectivity index (χ2v) is 8.37. The first-order chi connectivity index (χ1) is 14.3. The summed E-state index contributed by atoms with van der Waals surface area (Å²) in [4.78, 5) is 11.0. The number of oxime groups is 1. The predicted molar refractivity (Wildman–Crippen MR) is 110 cm³/mol. The van der Waals surface area contributed by atoms with Crippen molar-refractivity contribution in [3.8, 4) is 0 Å². The van der Waals surface area contributed by atoms with Crippen molar-refractivity contribution in [1.82, 2.24) is 15.5 Å². The van der Waals surface area contributed by atoms with E-state index in [1.54, 1.807) is 17.0 Å². The van der Waals surface area contributed by atoms with Crippen LogP contribution in [0.5, 0.6) is 0 Å². The minimum atomic E-state index is -1.64. The number of aliphatic imine (C=N–C) groups is 1. The average Bonchev–Trinajstić information content (AvgIpc) is 3.27. The smallest absolute Gasteiger partial charge is 0.167 e. The van der Waals surface area contributed by atoms with E-state index in [-0.39, 0.29) is 11.1 Å². The molecule has 7 atom stereocenters. The summed E-state index contributed by atoms with van der Waals surface area (Å²) in [6, 6.07) is 4.36. The number of aliphatic hydroxyl groups is 3. The Bertz CT molecular complexity index is 869. The SMILES string of the molecule is CO/N=C1\NC=NC2C1NCN2[C@@H]1O[C@H](C(C)(O)c2ccc(Cl)c(Cl)c2)[C@@H](O)[C@H]1O. The van der Waals surface area contributed by atoms with Gasteiger partial charge in [0.1, 0.15) is 49.5 Å². The molecular formula is C18H23Cl2N5O5. The molecule has 3 heterocycles. The van der Waals surface area contributed by atoms with E-state index in [1.165, 1.54) is 26.4 Å². The molecule has 1 aromatic carbocycles. The summed E-state index contributed by atoms with van der Waals surface area (Å²) >= 11 is 12.0. The third kappa shape index (κ3) is 3.57. The summed E-state index contributed by atoms with van der Waals surface area (Å²) < 4.78 is 6.00. The lowest BCUT2D eigenvalue weighted by Crippen LogP contribution is -2.53. The van der Waals surface area contributed by atoms with E-state index in [9.17, 15) is 15.3 Å². The fourth-order valence-corrected chi connectivity index (χ4v) is 4.37. The number of nitrogens with one attached hydrogen (secondary N) is 2. The quantitative estimate of drug-likeness (QED) is 0.391. The van der Waals surface area contributed by atoms with Gasteiger partial charge in [0.15, 0.2) is 5.84 Å². The molecule has 0 aliphatic carbocycles. The van der Waals surface area contributed by atoms with E-state index in [2.05, 4.69) is 20.8 Å². The molecule has 0 aromatic heterocycles. The summed E-state index contributed by atoms with van der Waals surface area (Å²) in [5.74, 6) is 0.535. The van der Waals surface area contributed by atoms with E-state index in [1.807, 2.05) is 0 Å². The van der Waals surface area contributed by atoms with Gasteiger partial charge in [-0.1, -0.05) is 34.4 Å². The Balaban J connectivity index is 1.58. The van der Waals surface area contributed by atoms with Gasteiger partial charge in [0.05, 0.1) is 23.1 Å². The number of nitrogens with zero attached hydrogens (tertiary/aromatic N) is 3. The molecule has 0 saturated carbocycles. The number of halogens is 2. The van der Waals surface area contributed by atoms with Crippen LogP contribution in [0.4, 0.5) is 0 Å². The number of hydrogen-bond donors (Lipinski definition) is 5. The summed E-state index contributed by atoms with van der Waals surface area (Å²) in [5.41, 5.74) is -1.24. The van der Waals surface area contributed by atoms with E-state index in [4.69, 9.17) is 32.8 Å². The maximum absolute atomic E-state index is 11.2. The molecule has 3 aliphatic heterocycles. The van der Waals surface area contributed by atoms with Crippen molar-refractivity contribution in [1.29, 1.82) is 0 Å². The van der Waals surface area contributed by atoms with Crippen molar-refractivity contribution >= 4 is 35.4 Å². The van der Waals surface area contributed by atoms with Gasteiger partial charge in [-0.15, -0.1) is 0 Å². The number of benzene rings is 1. The van der Waals surface area contributed by atoms with Crippen LogP contribution in [0.25, 0.3) is 0 Å². The van der Waals surface area contributed by atoms with Crippen molar-refractivity contribution in [3.63, 3.8) is 0 Å². The predicted octanol–water partition coefficient (Wildman–Crippen LogP) is -0.204. The molecule has 30 heavy (non-hydrogen) atoms. The van der Waals surface area contributed by atoms with Crippen LogP contribution in [0.15, 0.2) is 28.3 Å². The standard InChI is InChI=1S/C18H23Cl2N5O5/c1-18(28,8-3-4-9(19)10(20)5-8)14-12(26)13(27)17(30-14)25-7-23-11-15(24-29-2)21-6-22-16(11)25/h3-6,11-14,16-17,23,26-28H,7H2,1-2H3,(H,21,22,24)/t11?,12-,13+,14-,16?,17+,18?/m0/s1. The van der Waals surface area contributed by atoms with Crippen LogP contribution >= 0.6 is 23.2 Å². The van der Waals surface area contributed by atoms with E-state index in [0.29, 0.717) is 23.1 Å². The van der Waals surface area contributed by atoms with Gasteiger partial charge < -0.3 is 30.2 Å². The Morgan fingerprint density at radius 3 is 2.77 bits per heavy atom. The Labute approximate surface area is 183 Å². The largest absolute Gasteiger partial charge is 0.398 e. The lowest BCUT2D eigenvalue weighted by atomic mass is 9.87. The van der Waals surface area contributed by atoms with Crippen molar-refractivity contribution < 1.29 is 24.9 Å². The molecule has 12 heteroatoms. The minimum absolute atomic E-state index is 0.264. The van der Waals surface area contributed by atoms with Crippen LogP contribution in [0.3, 0.4) is 0 Å². The number of rotatable bonds is 4. The zero-order valence-corrected chi connectivity index (χ0v) is 17.7. The van der Waals surface area contributed by atoms with Gasteiger partial charge in [0, 0.05) is 0 Å². The van der Waals surface area contributed by atoms with Gasteiger partial charge >= 0.3 is 0 Å². The van der Waals surface area contributed by atoms with Crippen LogP contribution < -0.4 is 10.6 Å². The molecule has 5 N–H and O–H groups in total. The molecule has 3 aliphatic rings. The van der Waals surface area contributed by atoms with Gasteiger partial charge in [-0.05, 0) is 24.6 Å². The fraction of sp³-hybridized carbons (Fsp3) is 0.556. The second kappa shape index (κ2) is 8.21. The van der Waals surface area contributed by atoms with Crippen LogP contribution in [-0.4, -0.2) is 82.9 Å². The average molecular weight is 460 g/mol. The highest BCUT2D eigenvalue weighted by Crippen LogP contribution is 2.39. The molecular weight excluding hydrogens is 437 g/mol. The van der Waals surface area contributed by atoms with Gasteiger partial charge in [0.2, 0.25) is 0 Å². The zero-order valence-electron chi connectivity index (χ0n) is 16.2. The van der Waals surface area contributed by atoms with Crippen LogP contribution in [-0.2, 0) is 15.2 Å². The number of fused-ring (bicyclic) bond motifs is 1. The molecule has 164 valence electrons. The van der Waals surface area contributed by atoms with Gasteiger partial charge in [-0.3, -0.25) is 10.3 Å². The lowest BCUT2D eigenvalue weighted by Gasteiger charge is -2.34. The number of hydrogen-bond acceptors (Lipinski definition) is 9. The molecule has 2 fully saturated rings. The fourth-order valence-electron chi connectivity index (χ4n) is 4.07. The van der Waals surface area contributed by atoms with E-state index >= 15 is 0 Å². The molecule has 0 bridgehead atoms. The number of ether oxygens (including phenoxy) is 1. The molecule has 0 radical (unpaired) electrons. The molecule has 3 unspecified atom stereocenters. The van der Waals surface area contributed by atoms with Gasteiger partial charge in [0.25, 0.3) is 0 Å².